The molecule has 0 spiro atoms. The highest BCUT2D eigenvalue weighted by Crippen LogP contribution is 2.28. The third kappa shape index (κ3) is 5.42. The predicted molar refractivity (Wildman–Crippen MR) is 135 cm³/mol. The van der Waals surface area contributed by atoms with E-state index in [1.54, 1.807) is 60.3 Å². The van der Waals surface area contributed by atoms with Crippen LogP contribution in [0.3, 0.4) is 0 Å². The van der Waals surface area contributed by atoms with Crippen molar-refractivity contribution < 1.29 is 17.9 Å². The van der Waals surface area contributed by atoms with Gasteiger partial charge < -0.3 is 10.1 Å². The average molecular weight is 491 g/mol. The van der Waals surface area contributed by atoms with Crippen LogP contribution in [0.5, 0.6) is 5.75 Å². The lowest BCUT2D eigenvalue weighted by molar-refractivity contribution is 0.101. The number of aromatic nitrogens is 2. The molecule has 3 N–H and O–H groups in total. The molecule has 0 atom stereocenters. The SMILES string of the molecule is CCCc1cc(C(=O)Nc2ccc(-c3ccccc3S(N)(=O)=O)cc2)n(-c2ccc(OC)cc2)n1. The lowest BCUT2D eigenvalue weighted by atomic mass is 10.1. The van der Waals surface area contributed by atoms with Crippen molar-refractivity contribution in [2.45, 2.75) is 24.7 Å². The van der Waals surface area contributed by atoms with Crippen molar-refractivity contribution in [3.63, 3.8) is 0 Å². The summed E-state index contributed by atoms with van der Waals surface area (Å²) in [6.07, 6.45) is 1.66. The van der Waals surface area contributed by atoms with E-state index in [0.29, 0.717) is 28.3 Å². The van der Waals surface area contributed by atoms with Crippen molar-refractivity contribution in [1.29, 1.82) is 0 Å². The molecule has 0 saturated carbocycles. The van der Waals surface area contributed by atoms with Crippen molar-refractivity contribution in [1.82, 2.24) is 9.78 Å². The van der Waals surface area contributed by atoms with Crippen LogP contribution in [0, 0.1) is 0 Å². The number of nitrogens with two attached hydrogens (primary N) is 1. The second-order valence-corrected chi connectivity index (χ2v) is 9.48. The van der Waals surface area contributed by atoms with Gasteiger partial charge >= 0.3 is 0 Å². The first-order chi connectivity index (χ1) is 16.8. The monoisotopic (exact) mass is 490 g/mol. The Balaban J connectivity index is 1.61. The fourth-order valence-corrected chi connectivity index (χ4v) is 4.53. The van der Waals surface area contributed by atoms with E-state index < -0.39 is 10.0 Å². The number of anilines is 1. The second-order valence-electron chi connectivity index (χ2n) is 7.95. The molecule has 0 radical (unpaired) electrons. The van der Waals surface area contributed by atoms with E-state index in [0.717, 1.165) is 24.2 Å². The van der Waals surface area contributed by atoms with Gasteiger partial charge in [-0.15, -0.1) is 0 Å². The molecule has 4 rings (SSSR count). The van der Waals surface area contributed by atoms with Crippen LogP contribution in [0.4, 0.5) is 5.69 Å². The van der Waals surface area contributed by atoms with Gasteiger partial charge in [0, 0.05) is 11.3 Å². The minimum Gasteiger partial charge on any atom is -0.497 e. The lowest BCUT2D eigenvalue weighted by Crippen LogP contribution is -2.17. The summed E-state index contributed by atoms with van der Waals surface area (Å²) in [5.41, 5.74) is 3.70. The number of nitrogens with zero attached hydrogens (tertiary/aromatic N) is 2. The van der Waals surface area contributed by atoms with Gasteiger partial charge in [0.05, 0.1) is 23.4 Å². The highest BCUT2D eigenvalue weighted by Gasteiger charge is 2.18. The third-order valence-electron chi connectivity index (χ3n) is 5.46. The number of ether oxygens (including phenoxy) is 1. The second kappa shape index (κ2) is 10.1. The van der Waals surface area contributed by atoms with Crippen LogP contribution >= 0.6 is 0 Å². The topological polar surface area (TPSA) is 116 Å². The fourth-order valence-electron chi connectivity index (χ4n) is 3.77. The van der Waals surface area contributed by atoms with Crippen LogP contribution < -0.4 is 15.2 Å². The zero-order chi connectivity index (χ0) is 25.0. The molecule has 1 heterocycles. The summed E-state index contributed by atoms with van der Waals surface area (Å²) in [6, 6.07) is 22.5. The fraction of sp³-hybridized carbons (Fsp3) is 0.154. The van der Waals surface area contributed by atoms with Crippen molar-refractivity contribution in [2.75, 3.05) is 12.4 Å². The normalized spacial score (nSPS) is 11.3. The van der Waals surface area contributed by atoms with Crippen molar-refractivity contribution >= 4 is 21.6 Å². The molecule has 0 aliphatic carbocycles. The third-order valence-corrected chi connectivity index (χ3v) is 6.43. The smallest absolute Gasteiger partial charge is 0.274 e. The molecule has 0 fully saturated rings. The van der Waals surface area contributed by atoms with Gasteiger partial charge in [-0.3, -0.25) is 4.79 Å². The van der Waals surface area contributed by atoms with Gasteiger partial charge in [-0.05, 0) is 60.5 Å². The molecular formula is C26H26N4O4S. The Kier molecular flexibility index (Phi) is 6.99. The van der Waals surface area contributed by atoms with E-state index in [1.165, 1.54) is 6.07 Å². The van der Waals surface area contributed by atoms with Crippen LogP contribution in [-0.2, 0) is 16.4 Å². The van der Waals surface area contributed by atoms with Gasteiger partial charge in [0.25, 0.3) is 5.91 Å². The molecule has 4 aromatic rings. The van der Waals surface area contributed by atoms with Crippen molar-refractivity contribution in [3.8, 4) is 22.6 Å². The number of rotatable bonds is 8. The zero-order valence-corrected chi connectivity index (χ0v) is 20.2. The summed E-state index contributed by atoms with van der Waals surface area (Å²) < 4.78 is 30.7. The highest BCUT2D eigenvalue weighted by molar-refractivity contribution is 7.89. The molecule has 0 saturated heterocycles. The number of methoxy groups -OCH3 is 1. The van der Waals surface area contributed by atoms with Crippen LogP contribution in [0.1, 0.15) is 29.5 Å². The Bertz CT molecular complexity index is 1440. The number of amides is 1. The van der Waals surface area contributed by atoms with E-state index in [4.69, 9.17) is 9.88 Å². The van der Waals surface area contributed by atoms with Crippen molar-refractivity contribution in [3.05, 3.63) is 90.3 Å². The number of sulfonamides is 1. The van der Waals surface area contributed by atoms with Gasteiger partial charge in [-0.2, -0.15) is 5.10 Å². The molecule has 9 heteroatoms. The highest BCUT2D eigenvalue weighted by atomic mass is 32.2. The minimum absolute atomic E-state index is 0.0450. The number of aryl methyl sites for hydroxylation is 1. The molecule has 0 aliphatic rings. The van der Waals surface area contributed by atoms with E-state index in [-0.39, 0.29) is 10.8 Å². The molecule has 0 unspecified atom stereocenters. The number of carbonyl (C=O) groups excluding carboxylic acids is 1. The first kappa shape index (κ1) is 24.2. The maximum atomic E-state index is 13.2. The number of benzene rings is 3. The maximum absolute atomic E-state index is 13.2. The molecule has 180 valence electrons. The summed E-state index contributed by atoms with van der Waals surface area (Å²) >= 11 is 0. The summed E-state index contributed by atoms with van der Waals surface area (Å²) in [6.45, 7) is 2.06. The zero-order valence-electron chi connectivity index (χ0n) is 19.4. The summed E-state index contributed by atoms with van der Waals surface area (Å²) in [7, 11) is -2.28. The Hall–Kier alpha value is -3.95. The number of carbonyl (C=O) groups is 1. The number of hydrogen-bond donors (Lipinski definition) is 2. The summed E-state index contributed by atoms with van der Waals surface area (Å²) in [5.74, 6) is 0.401. The lowest BCUT2D eigenvalue weighted by Gasteiger charge is -2.11. The molecule has 1 aromatic heterocycles. The maximum Gasteiger partial charge on any atom is 0.274 e. The van der Waals surface area contributed by atoms with E-state index in [1.807, 2.05) is 24.3 Å². The molecule has 3 aromatic carbocycles. The molecular weight excluding hydrogens is 464 g/mol. The first-order valence-corrected chi connectivity index (χ1v) is 12.6. The summed E-state index contributed by atoms with van der Waals surface area (Å²) in [5, 5.41) is 12.9. The molecule has 8 nitrogen and oxygen atoms in total. The average Bonchev–Trinajstić information content (AvgIpc) is 3.28. The molecule has 1 amide bonds. The van der Waals surface area contributed by atoms with Crippen LogP contribution in [0.2, 0.25) is 0 Å². The number of hydrogen-bond acceptors (Lipinski definition) is 5. The van der Waals surface area contributed by atoms with E-state index in [2.05, 4.69) is 17.3 Å². The van der Waals surface area contributed by atoms with Crippen LogP contribution in [0.15, 0.2) is 83.8 Å². The Morgan fingerprint density at radius 1 is 1.03 bits per heavy atom. The standard InChI is InChI=1S/C26H26N4O4S/c1-3-6-20-17-24(30(29-20)21-13-15-22(34-2)16-14-21)26(31)28-19-11-9-18(10-12-19)23-7-4-5-8-25(23)35(27,32)33/h4-5,7-17H,3,6H2,1-2H3,(H,28,31)(H2,27,32,33). The van der Waals surface area contributed by atoms with Crippen LogP contribution in [-0.4, -0.2) is 31.2 Å². The number of primary sulfonamides is 1. The molecule has 35 heavy (non-hydrogen) atoms. The van der Waals surface area contributed by atoms with Gasteiger partial charge in [-0.1, -0.05) is 43.7 Å². The minimum atomic E-state index is -3.87. The Labute approximate surface area is 204 Å². The van der Waals surface area contributed by atoms with Gasteiger partial charge in [-0.25, -0.2) is 18.2 Å². The van der Waals surface area contributed by atoms with Gasteiger partial charge in [0.1, 0.15) is 11.4 Å². The predicted octanol–water partition coefficient (Wildman–Crippen LogP) is 4.40. The first-order valence-electron chi connectivity index (χ1n) is 11.1. The van der Waals surface area contributed by atoms with Crippen LogP contribution in [0.25, 0.3) is 16.8 Å². The van der Waals surface area contributed by atoms with Gasteiger partial charge in [0.2, 0.25) is 10.0 Å². The Morgan fingerprint density at radius 3 is 2.34 bits per heavy atom. The molecule has 0 bridgehead atoms. The van der Waals surface area contributed by atoms with Gasteiger partial charge in [0.15, 0.2) is 0 Å². The summed E-state index contributed by atoms with van der Waals surface area (Å²) in [4.78, 5) is 13.2. The van der Waals surface area contributed by atoms with E-state index in [9.17, 15) is 13.2 Å². The quantitative estimate of drug-likeness (QED) is 0.380. The largest absolute Gasteiger partial charge is 0.497 e. The van der Waals surface area contributed by atoms with E-state index >= 15 is 0 Å². The Morgan fingerprint density at radius 2 is 1.71 bits per heavy atom. The number of nitrogens with one attached hydrogen (secondary N) is 1. The molecule has 0 aliphatic heterocycles. The van der Waals surface area contributed by atoms with Crippen molar-refractivity contribution in [2.24, 2.45) is 5.14 Å².